The van der Waals surface area contributed by atoms with Crippen molar-refractivity contribution in [3.8, 4) is 0 Å². The van der Waals surface area contributed by atoms with Crippen LogP contribution in [0.3, 0.4) is 0 Å². The highest BCUT2D eigenvalue weighted by atomic mass is 32.2. The minimum absolute atomic E-state index is 0.0348. The number of fused-ring (bicyclic) bond motifs is 2. The first-order valence-corrected chi connectivity index (χ1v) is 11.2. The Hall–Kier alpha value is -3.18. The van der Waals surface area contributed by atoms with E-state index in [1.165, 1.54) is 12.5 Å². The number of para-hydroxylation sites is 1. The number of benzene rings is 2. The second kappa shape index (κ2) is 7.45. The molecule has 0 radical (unpaired) electrons. The third-order valence-electron chi connectivity index (χ3n) is 5.56. The van der Waals surface area contributed by atoms with Gasteiger partial charge in [0, 0.05) is 12.5 Å². The van der Waals surface area contributed by atoms with Crippen LogP contribution in [0.15, 0.2) is 64.0 Å². The molecule has 0 saturated carbocycles. The summed E-state index contributed by atoms with van der Waals surface area (Å²) in [5.41, 5.74) is 3.41. The van der Waals surface area contributed by atoms with Gasteiger partial charge >= 0.3 is 6.18 Å². The molecular formula is C21H17F3N4O3S. The van der Waals surface area contributed by atoms with Gasteiger partial charge in [0.05, 0.1) is 21.6 Å². The number of carbonyl (C=O) groups is 1. The quantitative estimate of drug-likeness (QED) is 0.623. The molecule has 2 N–H and O–H groups in total. The maximum Gasteiger partial charge on any atom is 0.406 e. The van der Waals surface area contributed by atoms with Crippen LogP contribution >= 0.6 is 0 Å². The Labute approximate surface area is 182 Å². The molecule has 2 aromatic carbocycles. The van der Waals surface area contributed by atoms with E-state index in [0.717, 1.165) is 5.01 Å². The van der Waals surface area contributed by atoms with Crippen LogP contribution in [0.1, 0.15) is 17.4 Å². The number of nitrogens with zero attached hydrogens (tertiary/aromatic N) is 2. The van der Waals surface area contributed by atoms with Crippen LogP contribution in [0.25, 0.3) is 16.7 Å². The molecule has 3 aromatic rings. The molecule has 0 aliphatic carbocycles. The Morgan fingerprint density at radius 2 is 1.88 bits per heavy atom. The Balaban J connectivity index is 1.54. The lowest BCUT2D eigenvalue weighted by atomic mass is 9.89. The summed E-state index contributed by atoms with van der Waals surface area (Å²) in [5, 5.41) is 3.86. The third-order valence-corrected chi connectivity index (χ3v) is 6.51. The summed E-state index contributed by atoms with van der Waals surface area (Å²) in [6, 6.07) is 11.2. The van der Waals surface area contributed by atoms with Crippen molar-refractivity contribution in [2.75, 3.05) is 6.26 Å². The average Bonchev–Trinajstić information content (AvgIpc) is 3.36. The van der Waals surface area contributed by atoms with Crippen molar-refractivity contribution in [3.05, 3.63) is 66.2 Å². The number of rotatable bonds is 3. The molecule has 32 heavy (non-hydrogen) atoms. The van der Waals surface area contributed by atoms with Crippen LogP contribution in [0.2, 0.25) is 0 Å². The number of nitrogens with one attached hydrogen (secondary N) is 2. The smallest absolute Gasteiger partial charge is 0.406 e. The highest BCUT2D eigenvalue weighted by Gasteiger charge is 2.57. The molecule has 1 aromatic heterocycles. The van der Waals surface area contributed by atoms with E-state index in [2.05, 4.69) is 15.7 Å². The fourth-order valence-corrected chi connectivity index (χ4v) is 4.82. The molecule has 166 valence electrons. The molecule has 4 unspecified atom stereocenters. The fourth-order valence-electron chi connectivity index (χ4n) is 4.13. The average molecular weight is 462 g/mol. The van der Waals surface area contributed by atoms with Gasteiger partial charge in [0.15, 0.2) is 5.58 Å². The number of hydrogen-bond donors (Lipinski definition) is 2. The highest BCUT2D eigenvalue weighted by Crippen LogP contribution is 2.41. The minimum Gasteiger partial charge on any atom is -0.436 e. The first-order valence-electron chi connectivity index (χ1n) is 9.66. The first-order chi connectivity index (χ1) is 15.3. The van der Waals surface area contributed by atoms with Crippen LogP contribution in [-0.4, -0.2) is 44.7 Å². The molecule has 0 bridgehead atoms. The standard InChI is InChI=1S/C21H17F3N4O3S/c1-32(30)14-9-5-8-13-16(14)26-19(31-13)12-10-25-18-15(11-6-3-2-4-7-11)17(21(22,23)24)27-28(18)20(12)29/h2-10,15,17-18,25,27H,1H3. The van der Waals surface area contributed by atoms with Gasteiger partial charge in [-0.25, -0.2) is 15.4 Å². The van der Waals surface area contributed by atoms with Crippen molar-refractivity contribution in [2.45, 2.75) is 29.2 Å². The summed E-state index contributed by atoms with van der Waals surface area (Å²) in [6.07, 6.45) is -2.72. The molecule has 3 heterocycles. The number of carbonyl (C=O) groups excluding carboxylic acids is 1. The van der Waals surface area contributed by atoms with E-state index in [-0.39, 0.29) is 11.5 Å². The van der Waals surface area contributed by atoms with Gasteiger partial charge in [0.1, 0.15) is 23.3 Å². The van der Waals surface area contributed by atoms with Crippen molar-refractivity contribution in [1.29, 1.82) is 0 Å². The number of aromatic nitrogens is 1. The van der Waals surface area contributed by atoms with Crippen LogP contribution in [-0.2, 0) is 15.6 Å². The number of oxazole rings is 1. The topological polar surface area (TPSA) is 87.5 Å². The fraction of sp³-hybridized carbons (Fsp3) is 0.238. The highest BCUT2D eigenvalue weighted by molar-refractivity contribution is 7.84. The number of alkyl halides is 3. The molecule has 1 saturated heterocycles. The van der Waals surface area contributed by atoms with Crippen molar-refractivity contribution >= 4 is 33.4 Å². The van der Waals surface area contributed by atoms with Gasteiger partial charge in [-0.05, 0) is 17.7 Å². The van der Waals surface area contributed by atoms with Gasteiger partial charge in [-0.2, -0.15) is 13.2 Å². The normalized spacial score (nSPS) is 24.2. The second-order valence-corrected chi connectivity index (χ2v) is 8.85. The van der Waals surface area contributed by atoms with E-state index in [1.54, 1.807) is 48.5 Å². The molecular weight excluding hydrogens is 445 g/mol. The predicted octanol–water partition coefficient (Wildman–Crippen LogP) is 2.90. The molecule has 0 spiro atoms. The molecule has 4 atom stereocenters. The molecule has 5 rings (SSSR count). The lowest BCUT2D eigenvalue weighted by molar-refractivity contribution is -0.161. The maximum absolute atomic E-state index is 13.8. The van der Waals surface area contributed by atoms with E-state index < -0.39 is 41.0 Å². The van der Waals surface area contributed by atoms with Crippen molar-refractivity contribution < 1.29 is 26.6 Å². The van der Waals surface area contributed by atoms with Gasteiger partial charge < -0.3 is 9.73 Å². The zero-order valence-electron chi connectivity index (χ0n) is 16.6. The lowest BCUT2D eigenvalue weighted by Gasteiger charge is -2.31. The first kappa shape index (κ1) is 20.7. The van der Waals surface area contributed by atoms with Gasteiger partial charge in [-0.1, -0.05) is 36.4 Å². The Morgan fingerprint density at radius 3 is 2.56 bits per heavy atom. The monoisotopic (exact) mass is 462 g/mol. The van der Waals surface area contributed by atoms with Gasteiger partial charge in [0.2, 0.25) is 5.89 Å². The SMILES string of the molecule is CS(=O)c1cccc2oc(C3=CNC4C(c5ccccc5)C(C(F)(F)F)NN4C3=O)nc12. The molecule has 7 nitrogen and oxygen atoms in total. The van der Waals surface area contributed by atoms with E-state index in [1.807, 2.05) is 0 Å². The van der Waals surface area contributed by atoms with Crippen LogP contribution in [0.4, 0.5) is 13.2 Å². The van der Waals surface area contributed by atoms with Crippen molar-refractivity contribution in [1.82, 2.24) is 20.7 Å². The van der Waals surface area contributed by atoms with Crippen LogP contribution in [0.5, 0.6) is 0 Å². The Morgan fingerprint density at radius 1 is 1.12 bits per heavy atom. The largest absolute Gasteiger partial charge is 0.436 e. The zero-order chi connectivity index (χ0) is 22.6. The van der Waals surface area contributed by atoms with Crippen LogP contribution < -0.4 is 10.7 Å². The number of halogens is 3. The maximum atomic E-state index is 13.8. The van der Waals surface area contributed by atoms with E-state index in [0.29, 0.717) is 21.6 Å². The van der Waals surface area contributed by atoms with E-state index >= 15 is 0 Å². The van der Waals surface area contributed by atoms with Gasteiger partial charge in [-0.3, -0.25) is 9.00 Å². The summed E-state index contributed by atoms with van der Waals surface area (Å²) < 4.78 is 59.2. The zero-order valence-corrected chi connectivity index (χ0v) is 17.4. The molecule has 2 aliphatic heterocycles. The number of hydrazine groups is 1. The Kier molecular flexibility index (Phi) is 4.82. The molecule has 2 aliphatic rings. The lowest BCUT2D eigenvalue weighted by Crippen LogP contribution is -2.53. The predicted molar refractivity (Wildman–Crippen MR) is 110 cm³/mol. The molecule has 1 fully saturated rings. The minimum atomic E-state index is -4.59. The van der Waals surface area contributed by atoms with Crippen molar-refractivity contribution in [2.24, 2.45) is 0 Å². The summed E-state index contributed by atoms with van der Waals surface area (Å²) in [7, 11) is -1.34. The Bertz CT molecular complexity index is 1260. The van der Waals surface area contributed by atoms with E-state index in [4.69, 9.17) is 4.42 Å². The molecule has 11 heteroatoms. The summed E-state index contributed by atoms with van der Waals surface area (Å²) in [6.45, 7) is 0. The third kappa shape index (κ3) is 3.28. The summed E-state index contributed by atoms with van der Waals surface area (Å²) >= 11 is 0. The van der Waals surface area contributed by atoms with Crippen molar-refractivity contribution in [3.63, 3.8) is 0 Å². The summed E-state index contributed by atoms with van der Waals surface area (Å²) in [5.74, 6) is -1.83. The second-order valence-electron chi connectivity index (χ2n) is 7.51. The van der Waals surface area contributed by atoms with E-state index in [9.17, 15) is 22.2 Å². The van der Waals surface area contributed by atoms with Gasteiger partial charge in [-0.15, -0.1) is 0 Å². The van der Waals surface area contributed by atoms with Crippen LogP contribution in [0, 0.1) is 0 Å². The number of amides is 1. The van der Waals surface area contributed by atoms with Gasteiger partial charge in [0.25, 0.3) is 5.91 Å². The number of hydrogen-bond acceptors (Lipinski definition) is 6. The molecule has 1 amide bonds. The summed E-state index contributed by atoms with van der Waals surface area (Å²) in [4.78, 5) is 17.9.